The summed E-state index contributed by atoms with van der Waals surface area (Å²) in [5.41, 5.74) is -0.172. The Labute approximate surface area is 134 Å². The molecule has 0 atom stereocenters. The van der Waals surface area contributed by atoms with E-state index in [0.717, 1.165) is 45.9 Å². The molecule has 0 radical (unpaired) electrons. The fourth-order valence-electron chi connectivity index (χ4n) is 2.63. The molecule has 2 saturated heterocycles. The van der Waals surface area contributed by atoms with Crippen LogP contribution in [0, 0.1) is 0 Å². The minimum atomic E-state index is -0.214. The predicted octanol–water partition coefficient (Wildman–Crippen LogP) is 1.64. The van der Waals surface area contributed by atoms with E-state index in [0.29, 0.717) is 0 Å². The van der Waals surface area contributed by atoms with Gasteiger partial charge in [-0.2, -0.15) is 0 Å². The van der Waals surface area contributed by atoms with E-state index in [1.807, 2.05) is 27.6 Å². The van der Waals surface area contributed by atoms with Gasteiger partial charge in [0.05, 0.1) is 12.7 Å². The summed E-state index contributed by atoms with van der Waals surface area (Å²) < 4.78 is 9.80. The lowest BCUT2D eigenvalue weighted by molar-refractivity contribution is -0.151. The largest absolute Gasteiger partial charge is 0.468 e. The summed E-state index contributed by atoms with van der Waals surface area (Å²) in [6.45, 7) is 10.2. The molecular weight excluding hydrogens is 286 g/mol. The van der Waals surface area contributed by atoms with Crippen molar-refractivity contribution in [2.75, 3.05) is 34.4 Å². The molecule has 2 aliphatic rings. The number of hydrogen-bond donors (Lipinski definition) is 1. The average molecular weight is 319 g/mol. The van der Waals surface area contributed by atoms with Crippen LogP contribution in [0.25, 0.3) is 0 Å². The van der Waals surface area contributed by atoms with Crippen LogP contribution in [0.5, 0.6) is 0 Å². The third kappa shape index (κ3) is 6.85. The zero-order chi connectivity index (χ0) is 17.8. The average Bonchev–Trinajstić information content (AvgIpc) is 3.11. The molecule has 2 heterocycles. The van der Waals surface area contributed by atoms with Gasteiger partial charge >= 0.3 is 5.97 Å². The van der Waals surface area contributed by atoms with E-state index >= 15 is 0 Å². The second kappa shape index (κ2) is 11.6. The van der Waals surface area contributed by atoms with Crippen LogP contribution >= 0.6 is 0 Å². The number of methoxy groups -OCH3 is 2. The predicted molar refractivity (Wildman–Crippen MR) is 86.8 cm³/mol. The lowest BCUT2D eigenvalue weighted by atomic mass is 9.94. The number of nitrogens with zero attached hydrogens (tertiary/aromatic N) is 1. The Hall–Kier alpha value is -0.980. The first-order valence-electron chi connectivity index (χ1n) is 7.48. The molecule has 0 aromatic rings. The summed E-state index contributed by atoms with van der Waals surface area (Å²) in [5.74, 6) is -0.0162. The minimum absolute atomic E-state index is 0.0162. The molecule has 0 saturated carbocycles. The Morgan fingerprint density at radius 1 is 1.09 bits per heavy atom. The molecular formula is C16H33NO5. The molecule has 0 spiro atoms. The van der Waals surface area contributed by atoms with Gasteiger partial charge in [-0.15, -0.1) is 0 Å². The summed E-state index contributed by atoms with van der Waals surface area (Å²) in [6, 6.07) is 0. The summed E-state index contributed by atoms with van der Waals surface area (Å²) in [5, 5.41) is 7.00. The van der Waals surface area contributed by atoms with Gasteiger partial charge in [-0.3, -0.25) is 9.69 Å². The maximum absolute atomic E-state index is 11.6. The van der Waals surface area contributed by atoms with Crippen LogP contribution in [0.4, 0.5) is 0 Å². The van der Waals surface area contributed by atoms with Crippen molar-refractivity contribution in [3.63, 3.8) is 0 Å². The van der Waals surface area contributed by atoms with E-state index in [9.17, 15) is 4.79 Å². The minimum Gasteiger partial charge on any atom is -0.468 e. The molecule has 132 valence electrons. The van der Waals surface area contributed by atoms with Gasteiger partial charge in [-0.1, -0.05) is 0 Å². The van der Waals surface area contributed by atoms with Crippen LogP contribution in [0.2, 0.25) is 0 Å². The fourth-order valence-corrected chi connectivity index (χ4v) is 2.63. The number of fused-ring (bicyclic) bond motifs is 1. The number of rotatable bonds is 1. The number of esters is 1. The van der Waals surface area contributed by atoms with Gasteiger partial charge in [-0.25, -0.2) is 0 Å². The van der Waals surface area contributed by atoms with Gasteiger partial charge in [0.25, 0.3) is 0 Å². The monoisotopic (exact) mass is 319 g/mol. The third-order valence-electron chi connectivity index (χ3n) is 3.82. The van der Waals surface area contributed by atoms with Gasteiger partial charge in [0.1, 0.15) is 12.3 Å². The van der Waals surface area contributed by atoms with Crippen LogP contribution in [-0.2, 0) is 19.1 Å². The lowest BCUT2D eigenvalue weighted by Gasteiger charge is -2.28. The molecule has 6 nitrogen and oxygen atoms in total. The smallest absolute Gasteiger partial charge is 0.326 e. The molecule has 0 aromatic heterocycles. The van der Waals surface area contributed by atoms with Crippen LogP contribution in [-0.4, -0.2) is 68.3 Å². The Bertz CT molecular complexity index is 291. The normalized spacial score (nSPS) is 18.5. The summed E-state index contributed by atoms with van der Waals surface area (Å²) >= 11 is 0. The standard InChI is InChI=1S/C9H15NO2.C5H12O.CH4O.CH2O/c1-12-8(11)9-4-2-6-10(9)7-3-5-9;1-5(2,3)6-4;2*1-2/h2-7H2,1H3;1-4H3;2H,1H3;1H2. The van der Waals surface area contributed by atoms with E-state index in [1.54, 1.807) is 7.11 Å². The molecule has 1 N–H and O–H groups in total. The molecule has 0 unspecified atom stereocenters. The van der Waals surface area contributed by atoms with Crippen LogP contribution in [0.15, 0.2) is 0 Å². The van der Waals surface area contributed by atoms with Crippen LogP contribution < -0.4 is 0 Å². The molecule has 6 heteroatoms. The molecule has 2 fully saturated rings. The highest BCUT2D eigenvalue weighted by Gasteiger charge is 2.50. The van der Waals surface area contributed by atoms with Crippen molar-refractivity contribution >= 4 is 12.8 Å². The molecule has 0 aromatic carbocycles. The fraction of sp³-hybridized carbons (Fsp3) is 0.875. The number of aliphatic hydroxyl groups excluding tert-OH is 1. The quantitative estimate of drug-likeness (QED) is 0.741. The van der Waals surface area contributed by atoms with Crippen molar-refractivity contribution in [2.45, 2.75) is 57.6 Å². The molecule has 2 rings (SSSR count). The Morgan fingerprint density at radius 2 is 1.45 bits per heavy atom. The van der Waals surface area contributed by atoms with E-state index in [1.165, 1.54) is 7.11 Å². The second-order valence-electron chi connectivity index (χ2n) is 6.03. The van der Waals surface area contributed by atoms with E-state index in [2.05, 4.69) is 4.90 Å². The SMILES string of the molecule is C=O.CO.COC(=O)C12CCCN1CCC2.COC(C)(C)C. The molecule has 2 aliphatic heterocycles. The van der Waals surface area contributed by atoms with Crippen molar-refractivity contribution in [1.82, 2.24) is 4.90 Å². The zero-order valence-corrected chi connectivity index (χ0v) is 15.0. The maximum Gasteiger partial charge on any atom is 0.326 e. The number of ether oxygens (including phenoxy) is 2. The van der Waals surface area contributed by atoms with Gasteiger partial charge < -0.3 is 19.4 Å². The van der Waals surface area contributed by atoms with Gasteiger partial charge in [0.15, 0.2) is 0 Å². The highest BCUT2D eigenvalue weighted by atomic mass is 16.5. The lowest BCUT2D eigenvalue weighted by Crippen LogP contribution is -2.46. The maximum atomic E-state index is 11.6. The highest BCUT2D eigenvalue weighted by Crippen LogP contribution is 2.39. The van der Waals surface area contributed by atoms with Gasteiger partial charge in [0, 0.05) is 14.2 Å². The zero-order valence-electron chi connectivity index (χ0n) is 15.0. The molecule has 0 aliphatic carbocycles. The summed E-state index contributed by atoms with van der Waals surface area (Å²) in [6.07, 6.45) is 4.30. The number of carbonyl (C=O) groups is 2. The highest BCUT2D eigenvalue weighted by molar-refractivity contribution is 5.81. The Balaban J connectivity index is 0. The second-order valence-corrected chi connectivity index (χ2v) is 6.03. The van der Waals surface area contributed by atoms with Crippen LogP contribution in [0.1, 0.15) is 46.5 Å². The Morgan fingerprint density at radius 3 is 1.73 bits per heavy atom. The van der Waals surface area contributed by atoms with E-state index in [4.69, 9.17) is 19.4 Å². The third-order valence-corrected chi connectivity index (χ3v) is 3.82. The number of carbonyl (C=O) groups excluding carboxylic acids is 2. The van der Waals surface area contributed by atoms with E-state index < -0.39 is 0 Å². The van der Waals surface area contributed by atoms with Crippen molar-refractivity contribution in [2.24, 2.45) is 0 Å². The summed E-state index contributed by atoms with van der Waals surface area (Å²) in [4.78, 5) is 21.8. The van der Waals surface area contributed by atoms with Gasteiger partial charge in [0.2, 0.25) is 0 Å². The first-order chi connectivity index (χ1) is 10.4. The number of aliphatic hydroxyl groups is 1. The first kappa shape index (κ1) is 23.3. The molecule has 0 amide bonds. The molecule has 22 heavy (non-hydrogen) atoms. The van der Waals surface area contributed by atoms with Gasteiger partial charge in [-0.05, 0) is 59.5 Å². The first-order valence-corrected chi connectivity index (χ1v) is 7.48. The van der Waals surface area contributed by atoms with Crippen molar-refractivity contribution in [3.8, 4) is 0 Å². The Kier molecular flexibility index (Phi) is 12.2. The number of hydrogen-bond acceptors (Lipinski definition) is 6. The van der Waals surface area contributed by atoms with Crippen molar-refractivity contribution < 1.29 is 24.2 Å². The topological polar surface area (TPSA) is 76.1 Å². The van der Waals surface area contributed by atoms with Crippen molar-refractivity contribution in [3.05, 3.63) is 0 Å². The van der Waals surface area contributed by atoms with Crippen LogP contribution in [0.3, 0.4) is 0 Å². The summed E-state index contributed by atoms with van der Waals surface area (Å²) in [7, 11) is 4.20. The van der Waals surface area contributed by atoms with E-state index in [-0.39, 0.29) is 17.1 Å². The molecule has 0 bridgehead atoms. The van der Waals surface area contributed by atoms with Crippen molar-refractivity contribution in [1.29, 1.82) is 0 Å².